The van der Waals surface area contributed by atoms with Gasteiger partial charge < -0.3 is 14.7 Å². The molecule has 1 aromatic rings. The maximum Gasteiger partial charge on any atom is 0.326 e. The third kappa shape index (κ3) is 2.99. The molecular weight excluding hydrogens is 258 g/mol. The minimum Gasteiger partial charge on any atom is -0.480 e. The van der Waals surface area contributed by atoms with Gasteiger partial charge in [0.2, 0.25) is 0 Å². The molecule has 108 valence electrons. The van der Waals surface area contributed by atoms with Gasteiger partial charge in [0.1, 0.15) is 6.04 Å². The van der Waals surface area contributed by atoms with Crippen LogP contribution < -0.4 is 0 Å². The van der Waals surface area contributed by atoms with Crippen LogP contribution in [-0.2, 0) is 14.3 Å². The molecule has 0 aromatic heterocycles. The van der Waals surface area contributed by atoms with Gasteiger partial charge in [0, 0.05) is 13.7 Å². The van der Waals surface area contributed by atoms with E-state index in [1.165, 1.54) is 12.0 Å². The lowest BCUT2D eigenvalue weighted by Gasteiger charge is -2.35. The fraction of sp³-hybridized carbons (Fsp3) is 0.467. The summed E-state index contributed by atoms with van der Waals surface area (Å²) >= 11 is 0. The Morgan fingerprint density at radius 3 is 2.60 bits per heavy atom. The monoisotopic (exact) mass is 277 g/mol. The molecule has 1 saturated heterocycles. The largest absolute Gasteiger partial charge is 0.480 e. The Balaban J connectivity index is 2.21. The number of hydrogen-bond acceptors (Lipinski definition) is 3. The van der Waals surface area contributed by atoms with E-state index in [-0.39, 0.29) is 5.91 Å². The van der Waals surface area contributed by atoms with Crippen LogP contribution in [0.3, 0.4) is 0 Å². The van der Waals surface area contributed by atoms with Gasteiger partial charge in [-0.2, -0.15) is 0 Å². The number of amides is 1. The molecule has 0 radical (unpaired) electrons. The number of hydrogen-bond donors (Lipinski definition) is 1. The third-order valence-electron chi connectivity index (χ3n) is 3.63. The minimum absolute atomic E-state index is 0.272. The molecule has 5 heteroatoms. The molecule has 0 spiro atoms. The van der Waals surface area contributed by atoms with Crippen molar-refractivity contribution in [1.82, 2.24) is 4.90 Å². The van der Waals surface area contributed by atoms with Crippen molar-refractivity contribution in [2.24, 2.45) is 0 Å². The number of carboxylic acids is 1. The van der Waals surface area contributed by atoms with Gasteiger partial charge in [0.25, 0.3) is 5.91 Å². The highest BCUT2D eigenvalue weighted by molar-refractivity contribution is 5.87. The topological polar surface area (TPSA) is 66.8 Å². The summed E-state index contributed by atoms with van der Waals surface area (Å²) in [6.07, 6.45) is 1.44. The fourth-order valence-electron chi connectivity index (χ4n) is 2.61. The highest BCUT2D eigenvalue weighted by atomic mass is 16.5. The van der Waals surface area contributed by atoms with Gasteiger partial charge in [-0.15, -0.1) is 0 Å². The molecule has 20 heavy (non-hydrogen) atoms. The minimum atomic E-state index is -0.944. The first-order valence-corrected chi connectivity index (χ1v) is 6.76. The summed E-state index contributed by atoms with van der Waals surface area (Å²) in [5.74, 6) is -1.22. The first kappa shape index (κ1) is 14.5. The number of rotatable bonds is 4. The number of carbonyl (C=O) groups excluding carboxylic acids is 1. The van der Waals surface area contributed by atoms with Crippen molar-refractivity contribution in [2.45, 2.75) is 31.4 Å². The molecule has 1 fully saturated rings. The quantitative estimate of drug-likeness (QED) is 0.912. The molecular formula is C15H19NO4. The number of carboxylic acid groups (broad SMARTS) is 1. The summed E-state index contributed by atoms with van der Waals surface area (Å²) in [6, 6.07) is 8.41. The van der Waals surface area contributed by atoms with Crippen LogP contribution in [-0.4, -0.2) is 41.6 Å². The number of piperidine rings is 1. The van der Waals surface area contributed by atoms with E-state index >= 15 is 0 Å². The van der Waals surface area contributed by atoms with E-state index in [2.05, 4.69) is 0 Å². The average molecular weight is 277 g/mol. The predicted octanol–water partition coefficient (Wildman–Crippen LogP) is 1.84. The Bertz CT molecular complexity index is 474. The first-order valence-electron chi connectivity index (χ1n) is 6.76. The number of benzene rings is 1. The molecule has 0 unspecified atom stereocenters. The van der Waals surface area contributed by atoms with E-state index < -0.39 is 18.1 Å². The molecule has 1 aliphatic rings. The van der Waals surface area contributed by atoms with E-state index in [9.17, 15) is 14.7 Å². The van der Waals surface area contributed by atoms with Crippen molar-refractivity contribution < 1.29 is 19.4 Å². The van der Waals surface area contributed by atoms with Gasteiger partial charge in [-0.3, -0.25) is 4.79 Å². The van der Waals surface area contributed by atoms with Crippen LogP contribution in [0.2, 0.25) is 0 Å². The summed E-state index contributed by atoms with van der Waals surface area (Å²) in [7, 11) is 1.47. The number of aliphatic carboxylic acids is 1. The highest BCUT2D eigenvalue weighted by Crippen LogP contribution is 2.25. The molecule has 2 rings (SSSR count). The van der Waals surface area contributed by atoms with E-state index in [1.807, 2.05) is 30.3 Å². The zero-order valence-electron chi connectivity index (χ0n) is 11.5. The lowest BCUT2D eigenvalue weighted by Crippen LogP contribution is -2.49. The molecule has 0 bridgehead atoms. The summed E-state index contributed by atoms with van der Waals surface area (Å²) in [5, 5.41) is 9.25. The van der Waals surface area contributed by atoms with Crippen LogP contribution in [0.1, 0.15) is 30.9 Å². The Labute approximate surface area is 118 Å². The van der Waals surface area contributed by atoms with Crippen LogP contribution in [0.25, 0.3) is 0 Å². The van der Waals surface area contributed by atoms with Crippen molar-refractivity contribution in [1.29, 1.82) is 0 Å². The molecule has 1 aromatic carbocycles. The van der Waals surface area contributed by atoms with Crippen molar-refractivity contribution in [3.05, 3.63) is 35.9 Å². The molecule has 1 N–H and O–H groups in total. The third-order valence-corrected chi connectivity index (χ3v) is 3.63. The molecule has 1 amide bonds. The lowest BCUT2D eigenvalue weighted by molar-refractivity contribution is -0.157. The van der Waals surface area contributed by atoms with Gasteiger partial charge in [0.15, 0.2) is 6.10 Å². The SMILES string of the molecule is CO[C@H](C(=O)N1CCCC[C@@H]1C(=O)O)c1ccccc1. The second kappa shape index (κ2) is 6.52. The number of likely N-dealkylation sites (tertiary alicyclic amines) is 1. The normalized spacial score (nSPS) is 20.4. The van der Waals surface area contributed by atoms with Crippen LogP contribution >= 0.6 is 0 Å². The zero-order chi connectivity index (χ0) is 14.5. The number of methoxy groups -OCH3 is 1. The second-order valence-electron chi connectivity index (χ2n) is 4.91. The van der Waals surface area contributed by atoms with Crippen LogP contribution in [0.4, 0.5) is 0 Å². The molecule has 1 heterocycles. The molecule has 5 nitrogen and oxygen atoms in total. The smallest absolute Gasteiger partial charge is 0.326 e. The van der Waals surface area contributed by atoms with Gasteiger partial charge >= 0.3 is 5.97 Å². The predicted molar refractivity (Wildman–Crippen MR) is 73.2 cm³/mol. The van der Waals surface area contributed by atoms with Crippen LogP contribution in [0.15, 0.2) is 30.3 Å². The Kier molecular flexibility index (Phi) is 4.74. The standard InChI is InChI=1S/C15H19NO4/c1-20-13(11-7-3-2-4-8-11)14(17)16-10-6-5-9-12(16)15(18)19/h2-4,7-8,12-13H,5-6,9-10H2,1H3,(H,18,19)/t12-,13+/m1/s1. The summed E-state index contributed by atoms with van der Waals surface area (Å²) in [6.45, 7) is 0.475. The lowest BCUT2D eigenvalue weighted by atomic mass is 10.00. The van der Waals surface area contributed by atoms with E-state index in [0.29, 0.717) is 13.0 Å². The van der Waals surface area contributed by atoms with E-state index in [4.69, 9.17) is 4.74 Å². The van der Waals surface area contributed by atoms with Crippen LogP contribution in [0.5, 0.6) is 0 Å². The number of nitrogens with zero attached hydrogens (tertiary/aromatic N) is 1. The first-order chi connectivity index (χ1) is 9.65. The Morgan fingerprint density at radius 2 is 2.00 bits per heavy atom. The van der Waals surface area contributed by atoms with Crippen LogP contribution in [0, 0.1) is 0 Å². The fourth-order valence-corrected chi connectivity index (χ4v) is 2.61. The van der Waals surface area contributed by atoms with E-state index in [0.717, 1.165) is 18.4 Å². The average Bonchev–Trinajstić information content (AvgIpc) is 2.49. The van der Waals surface area contributed by atoms with Crippen molar-refractivity contribution in [3.63, 3.8) is 0 Å². The maximum absolute atomic E-state index is 12.6. The Hall–Kier alpha value is -1.88. The number of carbonyl (C=O) groups is 2. The van der Waals surface area contributed by atoms with Gasteiger partial charge in [0.05, 0.1) is 0 Å². The zero-order valence-corrected chi connectivity index (χ0v) is 11.5. The second-order valence-corrected chi connectivity index (χ2v) is 4.91. The summed E-state index contributed by atoms with van der Waals surface area (Å²) < 4.78 is 5.30. The summed E-state index contributed by atoms with van der Waals surface area (Å²) in [4.78, 5) is 25.3. The van der Waals surface area contributed by atoms with Crippen molar-refractivity contribution in [3.8, 4) is 0 Å². The summed E-state index contributed by atoms with van der Waals surface area (Å²) in [5.41, 5.74) is 0.745. The van der Waals surface area contributed by atoms with Gasteiger partial charge in [-0.05, 0) is 24.8 Å². The number of ether oxygens (including phenoxy) is 1. The Morgan fingerprint density at radius 1 is 1.30 bits per heavy atom. The van der Waals surface area contributed by atoms with Crippen molar-refractivity contribution >= 4 is 11.9 Å². The molecule has 0 saturated carbocycles. The highest BCUT2D eigenvalue weighted by Gasteiger charge is 2.35. The van der Waals surface area contributed by atoms with E-state index in [1.54, 1.807) is 0 Å². The molecule has 0 aliphatic carbocycles. The molecule has 2 atom stereocenters. The molecule has 1 aliphatic heterocycles. The van der Waals surface area contributed by atoms with Crippen molar-refractivity contribution in [2.75, 3.05) is 13.7 Å². The van der Waals surface area contributed by atoms with Gasteiger partial charge in [-0.1, -0.05) is 30.3 Å². The van der Waals surface area contributed by atoms with Gasteiger partial charge in [-0.25, -0.2) is 4.79 Å². The maximum atomic E-state index is 12.6.